The van der Waals surface area contributed by atoms with Gasteiger partial charge < -0.3 is 15.4 Å². The fourth-order valence-corrected chi connectivity index (χ4v) is 1.37. The molecular weight excluding hydrogens is 208 g/mol. The first-order chi connectivity index (χ1) is 7.60. The molecular formula is C10H14N4O2. The van der Waals surface area contributed by atoms with E-state index in [-0.39, 0.29) is 11.9 Å². The van der Waals surface area contributed by atoms with Gasteiger partial charge in [-0.05, 0) is 16.3 Å². The fraction of sp³-hybridized carbons (Fsp3) is 0.500. The molecule has 0 bridgehead atoms. The third-order valence-electron chi connectivity index (χ3n) is 2.18. The molecule has 0 radical (unpaired) electrons. The van der Waals surface area contributed by atoms with Crippen LogP contribution in [0.15, 0.2) is 6.33 Å². The highest BCUT2D eigenvalue weighted by atomic mass is 16.6. The summed E-state index contributed by atoms with van der Waals surface area (Å²) in [5.41, 5.74) is 0. The molecule has 0 aliphatic heterocycles. The average molecular weight is 222 g/mol. The molecule has 1 aromatic heterocycles. The van der Waals surface area contributed by atoms with Gasteiger partial charge in [0.1, 0.15) is 0 Å². The molecule has 1 atom stereocenters. The van der Waals surface area contributed by atoms with Gasteiger partial charge in [0.25, 0.3) is 0 Å². The maximum absolute atomic E-state index is 10.7. The minimum absolute atomic E-state index is 0.196. The maximum atomic E-state index is 10.7. The van der Waals surface area contributed by atoms with Crippen molar-refractivity contribution in [3.05, 3.63) is 16.4 Å². The molecule has 0 saturated carbocycles. The van der Waals surface area contributed by atoms with Crippen LogP contribution in [0.25, 0.3) is 0 Å². The molecule has 0 aliphatic rings. The predicted octanol–water partition coefficient (Wildman–Crippen LogP) is 1.54. The molecule has 0 saturated heterocycles. The van der Waals surface area contributed by atoms with Crippen LogP contribution in [0.5, 0.6) is 0 Å². The molecule has 0 aromatic carbocycles. The Bertz CT molecular complexity index is 419. The van der Waals surface area contributed by atoms with E-state index in [1.807, 2.05) is 6.92 Å². The summed E-state index contributed by atoms with van der Waals surface area (Å²) in [6.45, 7) is 2.00. The molecule has 1 N–H and O–H groups in total. The first-order valence-corrected chi connectivity index (χ1v) is 4.98. The Morgan fingerprint density at radius 1 is 1.81 bits per heavy atom. The first-order valence-electron chi connectivity index (χ1n) is 4.98. The zero-order chi connectivity index (χ0) is 12.1. The Kier molecular flexibility index (Phi) is 3.89. The Balaban J connectivity index is 2.91. The monoisotopic (exact) mass is 222 g/mol. The van der Waals surface area contributed by atoms with E-state index in [9.17, 15) is 10.1 Å². The van der Waals surface area contributed by atoms with E-state index < -0.39 is 4.92 Å². The van der Waals surface area contributed by atoms with Gasteiger partial charge in [-0.1, -0.05) is 19.3 Å². The molecule has 16 heavy (non-hydrogen) atoms. The minimum Gasteiger partial charge on any atom is -0.358 e. The molecule has 1 unspecified atom stereocenters. The van der Waals surface area contributed by atoms with Crippen molar-refractivity contribution in [2.75, 3.05) is 5.32 Å². The standard InChI is InChI=1S/C10H14N4O2/c1-4-6-8(5-2)12-10-9(14(15)16)11-7-13(10)3/h2,7-8,12H,4,6H2,1,3H3. The van der Waals surface area contributed by atoms with Gasteiger partial charge in [-0.3, -0.25) is 4.57 Å². The summed E-state index contributed by atoms with van der Waals surface area (Å²) in [7, 11) is 1.68. The topological polar surface area (TPSA) is 73.0 Å². The predicted molar refractivity (Wildman–Crippen MR) is 61.0 cm³/mol. The Morgan fingerprint density at radius 2 is 2.50 bits per heavy atom. The fourth-order valence-electron chi connectivity index (χ4n) is 1.37. The number of nitro groups is 1. The van der Waals surface area contributed by atoms with Crippen LogP contribution in [-0.2, 0) is 7.05 Å². The molecule has 0 amide bonds. The lowest BCUT2D eigenvalue weighted by molar-refractivity contribution is -0.388. The van der Waals surface area contributed by atoms with Gasteiger partial charge in [0.15, 0.2) is 0 Å². The molecule has 86 valence electrons. The molecule has 6 nitrogen and oxygen atoms in total. The Morgan fingerprint density at radius 3 is 3.00 bits per heavy atom. The van der Waals surface area contributed by atoms with Crippen molar-refractivity contribution in [3.63, 3.8) is 0 Å². The second-order valence-electron chi connectivity index (χ2n) is 3.44. The third-order valence-corrected chi connectivity index (χ3v) is 2.18. The van der Waals surface area contributed by atoms with Crippen LogP contribution in [0, 0.1) is 22.5 Å². The van der Waals surface area contributed by atoms with E-state index in [0.29, 0.717) is 5.82 Å². The SMILES string of the molecule is C#CC(CCC)Nc1c([N+](=O)[O-])ncn1C. The zero-order valence-corrected chi connectivity index (χ0v) is 9.30. The summed E-state index contributed by atoms with van der Waals surface area (Å²) in [6.07, 6.45) is 8.40. The number of hydrogen-bond donors (Lipinski definition) is 1. The van der Waals surface area contributed by atoms with E-state index in [0.717, 1.165) is 12.8 Å². The van der Waals surface area contributed by atoms with Gasteiger partial charge in [0.05, 0.1) is 6.04 Å². The van der Waals surface area contributed by atoms with Gasteiger partial charge in [0.2, 0.25) is 12.1 Å². The molecule has 0 fully saturated rings. The number of terminal acetylenes is 1. The Labute approximate surface area is 93.8 Å². The lowest BCUT2D eigenvalue weighted by atomic mass is 10.2. The zero-order valence-electron chi connectivity index (χ0n) is 9.30. The number of rotatable bonds is 5. The smallest absolute Gasteiger partial charge is 0.358 e. The van der Waals surface area contributed by atoms with Crippen molar-refractivity contribution in [2.24, 2.45) is 7.05 Å². The van der Waals surface area contributed by atoms with Gasteiger partial charge in [-0.25, -0.2) is 0 Å². The van der Waals surface area contributed by atoms with E-state index in [4.69, 9.17) is 6.42 Å². The highest BCUT2D eigenvalue weighted by Crippen LogP contribution is 2.22. The lowest BCUT2D eigenvalue weighted by Crippen LogP contribution is -2.19. The van der Waals surface area contributed by atoms with Crippen LogP contribution >= 0.6 is 0 Å². The molecule has 0 spiro atoms. The maximum Gasteiger partial charge on any atom is 0.406 e. The number of aryl methyl sites for hydroxylation is 1. The Hall–Kier alpha value is -2.03. The third kappa shape index (κ3) is 2.51. The molecule has 1 rings (SSSR count). The average Bonchev–Trinajstić information content (AvgIpc) is 2.60. The summed E-state index contributed by atoms with van der Waals surface area (Å²) in [4.78, 5) is 13.9. The van der Waals surface area contributed by atoms with E-state index in [1.165, 1.54) is 6.33 Å². The number of nitrogens with zero attached hydrogens (tertiary/aromatic N) is 3. The van der Waals surface area contributed by atoms with E-state index >= 15 is 0 Å². The quantitative estimate of drug-likeness (QED) is 0.466. The number of imidazole rings is 1. The summed E-state index contributed by atoms with van der Waals surface area (Å²) in [5.74, 6) is 2.71. The van der Waals surface area contributed by atoms with Gasteiger partial charge >= 0.3 is 5.82 Å². The van der Waals surface area contributed by atoms with Crippen LogP contribution < -0.4 is 5.32 Å². The van der Waals surface area contributed by atoms with Crippen LogP contribution in [-0.4, -0.2) is 20.5 Å². The van der Waals surface area contributed by atoms with Gasteiger partial charge in [-0.2, -0.15) is 0 Å². The molecule has 1 aromatic rings. The van der Waals surface area contributed by atoms with Crippen molar-refractivity contribution in [1.82, 2.24) is 9.55 Å². The van der Waals surface area contributed by atoms with Crippen molar-refractivity contribution < 1.29 is 4.92 Å². The minimum atomic E-state index is -0.526. The van der Waals surface area contributed by atoms with Gasteiger partial charge in [0, 0.05) is 7.05 Å². The number of anilines is 1. The summed E-state index contributed by atoms with van der Waals surface area (Å²) >= 11 is 0. The van der Waals surface area contributed by atoms with Crippen LogP contribution in [0.4, 0.5) is 11.6 Å². The van der Waals surface area contributed by atoms with Crippen LogP contribution in [0.1, 0.15) is 19.8 Å². The van der Waals surface area contributed by atoms with E-state index in [2.05, 4.69) is 16.2 Å². The number of aromatic nitrogens is 2. The summed E-state index contributed by atoms with van der Waals surface area (Å²) in [5, 5.41) is 13.7. The first kappa shape index (κ1) is 12.0. The normalized spacial score (nSPS) is 11.8. The highest BCUT2D eigenvalue weighted by molar-refractivity contribution is 5.53. The summed E-state index contributed by atoms with van der Waals surface area (Å²) in [6, 6.07) is -0.209. The lowest BCUT2D eigenvalue weighted by Gasteiger charge is -2.12. The molecule has 0 aliphatic carbocycles. The van der Waals surface area contributed by atoms with Crippen molar-refractivity contribution in [1.29, 1.82) is 0 Å². The van der Waals surface area contributed by atoms with Crippen molar-refractivity contribution >= 4 is 11.6 Å². The van der Waals surface area contributed by atoms with Crippen LogP contribution in [0.3, 0.4) is 0 Å². The molecule has 1 heterocycles. The van der Waals surface area contributed by atoms with Gasteiger partial charge in [-0.15, -0.1) is 6.42 Å². The largest absolute Gasteiger partial charge is 0.406 e. The number of nitrogens with one attached hydrogen (secondary N) is 1. The van der Waals surface area contributed by atoms with Crippen LogP contribution in [0.2, 0.25) is 0 Å². The van der Waals surface area contributed by atoms with Crippen molar-refractivity contribution in [2.45, 2.75) is 25.8 Å². The highest BCUT2D eigenvalue weighted by Gasteiger charge is 2.21. The van der Waals surface area contributed by atoms with E-state index in [1.54, 1.807) is 11.6 Å². The number of hydrogen-bond acceptors (Lipinski definition) is 4. The van der Waals surface area contributed by atoms with Crippen molar-refractivity contribution in [3.8, 4) is 12.3 Å². The summed E-state index contributed by atoms with van der Waals surface area (Å²) < 4.78 is 1.55. The second-order valence-corrected chi connectivity index (χ2v) is 3.44. The molecule has 6 heteroatoms. The second kappa shape index (κ2) is 5.16.